The summed E-state index contributed by atoms with van der Waals surface area (Å²) in [6.45, 7) is 2.19. The highest BCUT2D eigenvalue weighted by atomic mass is 16.1. The van der Waals surface area contributed by atoms with Gasteiger partial charge in [0, 0.05) is 11.1 Å². The third kappa shape index (κ3) is 8.23. The van der Waals surface area contributed by atoms with E-state index in [-0.39, 0.29) is 11.1 Å². The maximum Gasteiger partial charge on any atom is 0.248 e. The lowest BCUT2D eigenvalue weighted by Gasteiger charge is -1.97. The monoisotopic (exact) mass is 282 g/mol. The minimum atomic E-state index is -0.571. The van der Waals surface area contributed by atoms with E-state index in [9.17, 15) is 9.59 Å². The van der Waals surface area contributed by atoms with Crippen molar-refractivity contribution in [3.05, 3.63) is 35.4 Å². The van der Waals surface area contributed by atoms with E-state index in [0.717, 1.165) is 13.1 Å². The van der Waals surface area contributed by atoms with E-state index >= 15 is 0 Å². The topological polar surface area (TPSA) is 141 Å². The molecule has 0 aliphatic carbocycles. The van der Waals surface area contributed by atoms with Crippen LogP contribution in [0.15, 0.2) is 24.3 Å². The lowest BCUT2D eigenvalue weighted by Crippen LogP contribution is -2.50. The molecule has 0 heterocycles. The number of carbonyl (C=O) groups is 2. The number of primary amides is 2. The molecule has 20 heavy (non-hydrogen) atoms. The van der Waals surface area contributed by atoms with Gasteiger partial charge in [-0.25, -0.2) is 0 Å². The molecule has 0 saturated heterocycles. The SMILES string of the molecule is NC(=O)c1cccc(C(N)=O)c1.[NH3+]CCCCCC[NH3+]. The Morgan fingerprint density at radius 1 is 0.850 bits per heavy atom. The molecule has 0 atom stereocenters. The molecule has 0 fully saturated rings. The van der Waals surface area contributed by atoms with E-state index < -0.39 is 11.8 Å². The molecule has 0 unspecified atom stereocenters. The summed E-state index contributed by atoms with van der Waals surface area (Å²) in [6.07, 6.45) is 5.28. The second-order valence-corrected chi connectivity index (χ2v) is 4.43. The lowest BCUT2D eigenvalue weighted by atomic mass is 10.1. The molecule has 0 saturated carbocycles. The number of amides is 2. The maximum absolute atomic E-state index is 10.6. The third-order valence-corrected chi connectivity index (χ3v) is 2.68. The van der Waals surface area contributed by atoms with Gasteiger partial charge in [-0.3, -0.25) is 9.59 Å². The summed E-state index contributed by atoms with van der Waals surface area (Å²) in [5.74, 6) is -1.14. The van der Waals surface area contributed by atoms with E-state index in [0.29, 0.717) is 0 Å². The Morgan fingerprint density at radius 2 is 1.25 bits per heavy atom. The fourth-order valence-electron chi connectivity index (χ4n) is 1.53. The van der Waals surface area contributed by atoms with Crippen molar-refractivity contribution in [3.63, 3.8) is 0 Å². The van der Waals surface area contributed by atoms with Crippen LogP contribution in [0, 0.1) is 0 Å². The number of unbranched alkanes of at least 4 members (excludes halogenated alkanes) is 3. The molecular formula is C14H26N4O2+2. The van der Waals surface area contributed by atoms with E-state index in [1.165, 1.54) is 43.9 Å². The highest BCUT2D eigenvalue weighted by Gasteiger charge is 2.03. The molecule has 1 aromatic carbocycles. The van der Waals surface area contributed by atoms with Crippen molar-refractivity contribution in [2.24, 2.45) is 11.5 Å². The van der Waals surface area contributed by atoms with Crippen LogP contribution in [0.3, 0.4) is 0 Å². The fourth-order valence-corrected chi connectivity index (χ4v) is 1.53. The summed E-state index contributed by atoms with van der Waals surface area (Å²) in [6, 6.07) is 5.97. The van der Waals surface area contributed by atoms with Gasteiger partial charge >= 0.3 is 0 Å². The predicted molar refractivity (Wildman–Crippen MR) is 77.5 cm³/mol. The van der Waals surface area contributed by atoms with Gasteiger partial charge in [-0.05, 0) is 43.9 Å². The Bertz CT molecular complexity index is 386. The summed E-state index contributed by atoms with van der Waals surface area (Å²) in [5, 5.41) is 0. The van der Waals surface area contributed by atoms with Crippen molar-refractivity contribution in [1.29, 1.82) is 0 Å². The normalized spacial score (nSPS) is 9.50. The van der Waals surface area contributed by atoms with Crippen molar-refractivity contribution in [1.82, 2.24) is 0 Å². The van der Waals surface area contributed by atoms with Gasteiger partial charge in [0.15, 0.2) is 0 Å². The Labute approximate surface area is 119 Å². The number of hydrogen-bond donors (Lipinski definition) is 4. The molecule has 6 nitrogen and oxygen atoms in total. The quantitative estimate of drug-likeness (QED) is 0.472. The lowest BCUT2D eigenvalue weighted by molar-refractivity contribution is -0.371. The number of quaternary nitrogens is 2. The van der Waals surface area contributed by atoms with Gasteiger partial charge in [-0.2, -0.15) is 0 Å². The summed E-state index contributed by atoms with van der Waals surface area (Å²) < 4.78 is 0. The Balaban J connectivity index is 0.000000396. The largest absolute Gasteiger partial charge is 0.366 e. The van der Waals surface area contributed by atoms with Crippen molar-refractivity contribution in [2.75, 3.05) is 13.1 Å². The summed E-state index contributed by atoms with van der Waals surface area (Å²) in [7, 11) is 0. The standard InChI is InChI=1S/C8H8N2O2.C6H16N2/c9-7(11)5-2-1-3-6(4-5)8(10)12;7-5-3-1-2-4-6-8/h1-4H,(H2,9,11)(H2,10,12);1-8H2/p+2. The van der Waals surface area contributed by atoms with Gasteiger partial charge in [0.2, 0.25) is 11.8 Å². The second-order valence-electron chi connectivity index (χ2n) is 4.43. The Hall–Kier alpha value is -1.92. The highest BCUT2D eigenvalue weighted by Crippen LogP contribution is 2.03. The van der Waals surface area contributed by atoms with Crippen LogP contribution in [-0.4, -0.2) is 24.9 Å². The average molecular weight is 282 g/mol. The van der Waals surface area contributed by atoms with Gasteiger partial charge in [-0.1, -0.05) is 6.07 Å². The zero-order valence-electron chi connectivity index (χ0n) is 11.9. The van der Waals surface area contributed by atoms with Crippen LogP contribution in [0.5, 0.6) is 0 Å². The first-order valence-electron chi connectivity index (χ1n) is 6.81. The van der Waals surface area contributed by atoms with Crippen molar-refractivity contribution in [3.8, 4) is 0 Å². The molecule has 0 aliphatic heterocycles. The molecule has 10 N–H and O–H groups in total. The van der Waals surface area contributed by atoms with Gasteiger partial charge in [0.05, 0.1) is 13.1 Å². The number of nitrogens with two attached hydrogens (primary N) is 2. The zero-order valence-corrected chi connectivity index (χ0v) is 11.9. The molecule has 1 aromatic rings. The number of benzene rings is 1. The van der Waals surface area contributed by atoms with E-state index in [2.05, 4.69) is 11.5 Å². The van der Waals surface area contributed by atoms with Crippen LogP contribution in [0.1, 0.15) is 46.4 Å². The number of carbonyl (C=O) groups excluding carboxylic acids is 2. The zero-order chi connectivity index (χ0) is 15.4. The molecule has 0 aromatic heterocycles. The van der Waals surface area contributed by atoms with Crippen LogP contribution < -0.4 is 22.9 Å². The van der Waals surface area contributed by atoms with Crippen LogP contribution >= 0.6 is 0 Å². The van der Waals surface area contributed by atoms with Gasteiger partial charge < -0.3 is 22.9 Å². The minimum absolute atomic E-state index is 0.284. The molecule has 6 heteroatoms. The first-order valence-corrected chi connectivity index (χ1v) is 6.81. The second kappa shape index (κ2) is 11.0. The van der Waals surface area contributed by atoms with Gasteiger partial charge in [-0.15, -0.1) is 0 Å². The molecule has 112 valence electrons. The first-order chi connectivity index (χ1) is 9.52. The molecule has 1 rings (SSSR count). The average Bonchev–Trinajstić information content (AvgIpc) is 2.44. The highest BCUT2D eigenvalue weighted by molar-refractivity contribution is 5.98. The Kier molecular flexibility index (Phi) is 9.90. The van der Waals surface area contributed by atoms with Gasteiger partial charge in [0.1, 0.15) is 0 Å². The molecular weight excluding hydrogens is 256 g/mol. The van der Waals surface area contributed by atoms with E-state index in [1.807, 2.05) is 0 Å². The molecule has 2 amide bonds. The molecule has 0 radical (unpaired) electrons. The minimum Gasteiger partial charge on any atom is -0.366 e. The number of hydrogen-bond acceptors (Lipinski definition) is 2. The summed E-state index contributed by atoms with van der Waals surface area (Å²) >= 11 is 0. The van der Waals surface area contributed by atoms with E-state index in [1.54, 1.807) is 6.07 Å². The first kappa shape index (κ1) is 18.1. The Morgan fingerprint density at radius 3 is 1.55 bits per heavy atom. The van der Waals surface area contributed by atoms with E-state index in [4.69, 9.17) is 11.5 Å². The van der Waals surface area contributed by atoms with Crippen molar-refractivity contribution < 1.29 is 21.1 Å². The van der Waals surface area contributed by atoms with Gasteiger partial charge in [0.25, 0.3) is 0 Å². The number of rotatable bonds is 7. The van der Waals surface area contributed by atoms with Crippen molar-refractivity contribution in [2.45, 2.75) is 25.7 Å². The molecule has 0 aliphatic rings. The summed E-state index contributed by atoms with van der Waals surface area (Å²) in [4.78, 5) is 21.3. The van der Waals surface area contributed by atoms with Crippen molar-refractivity contribution >= 4 is 11.8 Å². The maximum atomic E-state index is 10.6. The van der Waals surface area contributed by atoms with Crippen LogP contribution in [-0.2, 0) is 0 Å². The molecule has 0 spiro atoms. The smallest absolute Gasteiger partial charge is 0.248 e. The molecule has 0 bridgehead atoms. The van der Waals surface area contributed by atoms with Crippen LogP contribution in [0.4, 0.5) is 0 Å². The fraction of sp³-hybridized carbons (Fsp3) is 0.429. The third-order valence-electron chi connectivity index (χ3n) is 2.68. The summed E-state index contributed by atoms with van der Waals surface area (Å²) in [5.41, 5.74) is 18.1. The van der Waals surface area contributed by atoms with Crippen LogP contribution in [0.2, 0.25) is 0 Å². The predicted octanol–water partition coefficient (Wildman–Crippen LogP) is -1.08. The van der Waals surface area contributed by atoms with Crippen LogP contribution in [0.25, 0.3) is 0 Å².